The summed E-state index contributed by atoms with van der Waals surface area (Å²) in [5, 5.41) is 0.468. The van der Waals surface area contributed by atoms with Crippen molar-refractivity contribution in [2.24, 2.45) is 0 Å². The van der Waals surface area contributed by atoms with E-state index in [1.54, 1.807) is 44.5 Å². The fourth-order valence-corrected chi connectivity index (χ4v) is 2.08. The van der Waals surface area contributed by atoms with Gasteiger partial charge in [0.25, 0.3) is 5.91 Å². The number of nitrogen functional groups attached to an aromatic ring is 1. The van der Waals surface area contributed by atoms with Crippen LogP contribution in [-0.4, -0.2) is 20.1 Å². The molecule has 104 valence electrons. The maximum Gasteiger partial charge on any atom is 0.260 e. The lowest BCUT2D eigenvalue weighted by atomic mass is 10.1. The van der Waals surface area contributed by atoms with Crippen molar-refractivity contribution < 1.29 is 9.53 Å². The summed E-state index contributed by atoms with van der Waals surface area (Å²) >= 11 is 5.92. The molecular weight excluding hydrogens is 276 g/mol. The molecule has 0 aliphatic rings. The average Bonchev–Trinajstić information content (AvgIpc) is 2.48. The van der Waals surface area contributed by atoms with Gasteiger partial charge in [0.2, 0.25) is 0 Å². The molecule has 0 heterocycles. The molecule has 20 heavy (non-hydrogen) atoms. The molecule has 2 aromatic carbocycles. The van der Waals surface area contributed by atoms with Crippen LogP contribution >= 0.6 is 11.6 Å². The molecular formula is C15H15ClN2O2. The Morgan fingerprint density at radius 3 is 2.65 bits per heavy atom. The van der Waals surface area contributed by atoms with Crippen LogP contribution < -0.4 is 15.4 Å². The molecule has 2 N–H and O–H groups in total. The van der Waals surface area contributed by atoms with Crippen LogP contribution in [0.5, 0.6) is 5.75 Å². The number of nitrogens with two attached hydrogens (primary N) is 1. The van der Waals surface area contributed by atoms with Crippen molar-refractivity contribution in [3.05, 3.63) is 53.1 Å². The van der Waals surface area contributed by atoms with Crippen LogP contribution in [0.2, 0.25) is 5.02 Å². The van der Waals surface area contributed by atoms with E-state index >= 15 is 0 Å². The van der Waals surface area contributed by atoms with Gasteiger partial charge in [0.05, 0.1) is 18.4 Å². The van der Waals surface area contributed by atoms with Gasteiger partial charge in [-0.25, -0.2) is 0 Å². The summed E-state index contributed by atoms with van der Waals surface area (Å²) in [5.41, 5.74) is 7.26. The van der Waals surface area contributed by atoms with E-state index in [-0.39, 0.29) is 5.91 Å². The van der Waals surface area contributed by atoms with Crippen molar-refractivity contribution in [1.82, 2.24) is 0 Å². The number of halogens is 1. The van der Waals surface area contributed by atoms with E-state index in [2.05, 4.69) is 0 Å². The summed E-state index contributed by atoms with van der Waals surface area (Å²) in [6.07, 6.45) is 0. The highest BCUT2D eigenvalue weighted by Gasteiger charge is 2.19. The van der Waals surface area contributed by atoms with E-state index in [1.807, 2.05) is 12.1 Å². The number of hydrogen-bond donors (Lipinski definition) is 1. The van der Waals surface area contributed by atoms with Crippen LogP contribution in [0.4, 0.5) is 11.4 Å². The molecule has 0 aromatic heterocycles. The summed E-state index contributed by atoms with van der Waals surface area (Å²) in [4.78, 5) is 14.0. The molecule has 5 heteroatoms. The Bertz CT molecular complexity index is 644. The van der Waals surface area contributed by atoms with Gasteiger partial charge >= 0.3 is 0 Å². The van der Waals surface area contributed by atoms with Crippen molar-refractivity contribution in [1.29, 1.82) is 0 Å². The first kappa shape index (κ1) is 14.2. The number of amides is 1. The van der Waals surface area contributed by atoms with E-state index < -0.39 is 0 Å². The molecule has 0 fully saturated rings. The van der Waals surface area contributed by atoms with Crippen LogP contribution in [0.15, 0.2) is 42.5 Å². The second-order valence-electron chi connectivity index (χ2n) is 4.27. The number of ether oxygens (including phenoxy) is 1. The van der Waals surface area contributed by atoms with Crippen LogP contribution in [0.3, 0.4) is 0 Å². The number of carbonyl (C=O) groups is 1. The zero-order chi connectivity index (χ0) is 14.7. The van der Waals surface area contributed by atoms with Gasteiger partial charge in [0.15, 0.2) is 0 Å². The first-order valence-corrected chi connectivity index (χ1v) is 6.38. The molecule has 0 unspecified atom stereocenters. The third-order valence-electron chi connectivity index (χ3n) is 3.00. The number of rotatable bonds is 3. The largest absolute Gasteiger partial charge is 0.495 e. The summed E-state index contributed by atoms with van der Waals surface area (Å²) in [5.74, 6) is 0.374. The highest BCUT2D eigenvalue weighted by Crippen LogP contribution is 2.29. The molecule has 2 rings (SSSR count). The quantitative estimate of drug-likeness (QED) is 0.883. The Labute approximate surface area is 122 Å². The number of carbonyl (C=O) groups excluding carboxylic acids is 1. The lowest BCUT2D eigenvalue weighted by molar-refractivity contribution is 0.0993. The second-order valence-corrected chi connectivity index (χ2v) is 4.70. The lowest BCUT2D eigenvalue weighted by Crippen LogP contribution is -2.27. The highest BCUT2D eigenvalue weighted by atomic mass is 35.5. The van der Waals surface area contributed by atoms with Crippen LogP contribution in [0.1, 0.15) is 10.4 Å². The average molecular weight is 291 g/mol. The zero-order valence-electron chi connectivity index (χ0n) is 11.3. The zero-order valence-corrected chi connectivity index (χ0v) is 12.0. The van der Waals surface area contributed by atoms with Gasteiger partial charge in [0, 0.05) is 17.8 Å². The van der Waals surface area contributed by atoms with Gasteiger partial charge in [-0.3, -0.25) is 4.79 Å². The Kier molecular flexibility index (Phi) is 4.15. The number of para-hydroxylation sites is 2. The van der Waals surface area contributed by atoms with Crippen LogP contribution in [0.25, 0.3) is 0 Å². The van der Waals surface area contributed by atoms with Gasteiger partial charge < -0.3 is 15.4 Å². The molecule has 0 aliphatic carbocycles. The second kappa shape index (κ2) is 5.84. The topological polar surface area (TPSA) is 55.6 Å². The predicted molar refractivity (Wildman–Crippen MR) is 81.6 cm³/mol. The standard InChI is InChI=1S/C15H15ClN2O2/c1-18(13-5-3-4-6-14(13)20-2)15(19)11-9-10(16)7-8-12(11)17/h3-9H,17H2,1-2H3. The van der Waals surface area contributed by atoms with E-state index in [0.29, 0.717) is 27.7 Å². The normalized spacial score (nSPS) is 10.2. The number of benzene rings is 2. The smallest absolute Gasteiger partial charge is 0.260 e. The maximum atomic E-state index is 12.5. The number of hydrogen-bond acceptors (Lipinski definition) is 3. The van der Waals surface area contributed by atoms with Gasteiger partial charge in [0.1, 0.15) is 5.75 Å². The van der Waals surface area contributed by atoms with Gasteiger partial charge in [-0.15, -0.1) is 0 Å². The first-order valence-electron chi connectivity index (χ1n) is 6.00. The Morgan fingerprint density at radius 1 is 1.25 bits per heavy atom. The molecule has 0 saturated heterocycles. The van der Waals surface area contributed by atoms with E-state index in [4.69, 9.17) is 22.1 Å². The molecule has 2 aromatic rings. The molecule has 0 saturated carbocycles. The fraction of sp³-hybridized carbons (Fsp3) is 0.133. The molecule has 0 radical (unpaired) electrons. The predicted octanol–water partition coefficient (Wildman–Crippen LogP) is 3.21. The van der Waals surface area contributed by atoms with E-state index in [9.17, 15) is 4.79 Å². The first-order chi connectivity index (χ1) is 9.54. The molecule has 0 atom stereocenters. The van der Waals surface area contributed by atoms with Crippen molar-refractivity contribution in [2.75, 3.05) is 24.8 Å². The van der Waals surface area contributed by atoms with Gasteiger partial charge in [-0.05, 0) is 30.3 Å². The van der Waals surface area contributed by atoms with Crippen molar-refractivity contribution in [3.8, 4) is 5.75 Å². The summed E-state index contributed by atoms with van der Waals surface area (Å²) < 4.78 is 5.26. The van der Waals surface area contributed by atoms with Gasteiger partial charge in [-0.1, -0.05) is 23.7 Å². The maximum absolute atomic E-state index is 12.5. The molecule has 1 amide bonds. The highest BCUT2D eigenvalue weighted by molar-refractivity contribution is 6.31. The minimum Gasteiger partial charge on any atom is -0.495 e. The van der Waals surface area contributed by atoms with Crippen molar-refractivity contribution in [2.45, 2.75) is 0 Å². The summed E-state index contributed by atoms with van der Waals surface area (Å²) in [7, 11) is 3.23. The van der Waals surface area contributed by atoms with Gasteiger partial charge in [-0.2, -0.15) is 0 Å². The molecule has 0 spiro atoms. The Hall–Kier alpha value is -2.20. The lowest BCUT2D eigenvalue weighted by Gasteiger charge is -2.20. The van der Waals surface area contributed by atoms with Crippen molar-refractivity contribution in [3.63, 3.8) is 0 Å². The molecule has 0 bridgehead atoms. The number of methoxy groups -OCH3 is 1. The van der Waals surface area contributed by atoms with E-state index in [1.165, 1.54) is 4.90 Å². The van der Waals surface area contributed by atoms with Crippen LogP contribution in [-0.2, 0) is 0 Å². The Morgan fingerprint density at radius 2 is 1.95 bits per heavy atom. The fourth-order valence-electron chi connectivity index (χ4n) is 1.91. The minimum atomic E-state index is -0.241. The van der Waals surface area contributed by atoms with Crippen molar-refractivity contribution >= 4 is 28.9 Å². The Balaban J connectivity index is 2.40. The number of anilines is 2. The number of nitrogens with zero attached hydrogens (tertiary/aromatic N) is 1. The third kappa shape index (κ3) is 2.70. The third-order valence-corrected chi connectivity index (χ3v) is 3.23. The molecule has 4 nitrogen and oxygen atoms in total. The summed E-state index contributed by atoms with van der Waals surface area (Å²) in [6, 6.07) is 12.1. The minimum absolute atomic E-state index is 0.241. The monoisotopic (exact) mass is 290 g/mol. The summed E-state index contributed by atoms with van der Waals surface area (Å²) in [6.45, 7) is 0. The van der Waals surface area contributed by atoms with Crippen LogP contribution in [0, 0.1) is 0 Å². The SMILES string of the molecule is COc1ccccc1N(C)C(=O)c1cc(Cl)ccc1N. The van der Waals surface area contributed by atoms with E-state index in [0.717, 1.165) is 0 Å². The molecule has 0 aliphatic heterocycles.